The van der Waals surface area contributed by atoms with E-state index in [4.69, 9.17) is 4.74 Å². The topological polar surface area (TPSA) is 63.6 Å². The third-order valence-electron chi connectivity index (χ3n) is 4.14. The number of carbonyl (C=O) groups excluding carboxylic acids is 1. The number of hydrogen-bond acceptors (Lipinski definition) is 3. The highest BCUT2D eigenvalue weighted by Gasteiger charge is 2.17. The molecule has 4 nitrogen and oxygen atoms in total. The molecule has 0 unspecified atom stereocenters. The van der Waals surface area contributed by atoms with Crippen LogP contribution in [0, 0.1) is 11.6 Å². The SMILES string of the molecule is O=C(CCc1ccccc1)Oc1ccc(-c2ccc(F)cc2F)cc1C(=O)O. The summed E-state index contributed by atoms with van der Waals surface area (Å²) in [5, 5.41) is 9.43. The van der Waals surface area contributed by atoms with Gasteiger partial charge in [-0.2, -0.15) is 0 Å². The first-order valence-electron chi connectivity index (χ1n) is 8.51. The smallest absolute Gasteiger partial charge is 0.339 e. The first-order chi connectivity index (χ1) is 13.4. The lowest BCUT2D eigenvalue weighted by Gasteiger charge is -2.10. The van der Waals surface area contributed by atoms with Gasteiger partial charge in [0.15, 0.2) is 0 Å². The maximum absolute atomic E-state index is 14.0. The summed E-state index contributed by atoms with van der Waals surface area (Å²) in [5.41, 5.74) is 0.958. The van der Waals surface area contributed by atoms with Crippen molar-refractivity contribution in [2.24, 2.45) is 0 Å². The van der Waals surface area contributed by atoms with E-state index in [1.54, 1.807) is 0 Å². The van der Waals surface area contributed by atoms with Gasteiger partial charge in [0, 0.05) is 18.1 Å². The second kappa shape index (κ2) is 8.43. The first-order valence-corrected chi connectivity index (χ1v) is 8.51. The van der Waals surface area contributed by atoms with Crippen LogP contribution < -0.4 is 4.74 Å². The molecule has 0 aliphatic heterocycles. The molecule has 3 aromatic rings. The Labute approximate surface area is 160 Å². The quantitative estimate of drug-likeness (QED) is 0.488. The maximum atomic E-state index is 14.0. The Balaban J connectivity index is 1.79. The largest absolute Gasteiger partial charge is 0.478 e. The molecule has 142 valence electrons. The number of halogens is 2. The average molecular weight is 382 g/mol. The lowest BCUT2D eigenvalue weighted by Crippen LogP contribution is -2.12. The van der Waals surface area contributed by atoms with Crippen molar-refractivity contribution >= 4 is 11.9 Å². The molecule has 0 fully saturated rings. The Morgan fingerprint density at radius 2 is 1.68 bits per heavy atom. The van der Waals surface area contributed by atoms with Gasteiger partial charge in [-0.05, 0) is 41.8 Å². The number of ether oxygens (including phenoxy) is 1. The highest BCUT2D eigenvalue weighted by molar-refractivity contribution is 5.93. The molecule has 0 heterocycles. The third-order valence-corrected chi connectivity index (χ3v) is 4.14. The van der Waals surface area contributed by atoms with Crippen molar-refractivity contribution in [1.82, 2.24) is 0 Å². The minimum absolute atomic E-state index is 0.0471. The number of hydrogen-bond donors (Lipinski definition) is 1. The normalized spacial score (nSPS) is 10.5. The fourth-order valence-electron chi connectivity index (χ4n) is 2.74. The van der Waals surface area contributed by atoms with Crippen LogP contribution in [-0.4, -0.2) is 17.0 Å². The summed E-state index contributed by atoms with van der Waals surface area (Å²) in [4.78, 5) is 23.7. The van der Waals surface area contributed by atoms with E-state index >= 15 is 0 Å². The molecular formula is C22H16F2O4. The van der Waals surface area contributed by atoms with Crippen LogP contribution in [0.4, 0.5) is 8.78 Å². The number of carboxylic acid groups (broad SMARTS) is 1. The highest BCUT2D eigenvalue weighted by atomic mass is 19.1. The van der Waals surface area contributed by atoms with Gasteiger partial charge >= 0.3 is 11.9 Å². The third kappa shape index (κ3) is 4.59. The van der Waals surface area contributed by atoms with E-state index in [-0.39, 0.29) is 28.9 Å². The molecule has 0 spiro atoms. The summed E-state index contributed by atoms with van der Waals surface area (Å²) < 4.78 is 32.2. The summed E-state index contributed by atoms with van der Waals surface area (Å²) in [6.45, 7) is 0. The lowest BCUT2D eigenvalue weighted by atomic mass is 10.0. The van der Waals surface area contributed by atoms with Crippen molar-refractivity contribution in [3.63, 3.8) is 0 Å². The molecule has 28 heavy (non-hydrogen) atoms. The van der Waals surface area contributed by atoms with Crippen LogP contribution in [0.15, 0.2) is 66.7 Å². The van der Waals surface area contributed by atoms with E-state index in [2.05, 4.69) is 0 Å². The van der Waals surface area contributed by atoms with Crippen LogP contribution in [0.3, 0.4) is 0 Å². The van der Waals surface area contributed by atoms with Crippen molar-refractivity contribution in [3.05, 3.63) is 89.5 Å². The first kappa shape index (κ1) is 19.2. The molecule has 0 aliphatic carbocycles. The lowest BCUT2D eigenvalue weighted by molar-refractivity contribution is -0.134. The van der Waals surface area contributed by atoms with Gasteiger partial charge in [0.2, 0.25) is 0 Å². The molecule has 0 atom stereocenters. The Hall–Kier alpha value is -3.54. The number of aromatic carboxylic acids is 1. The number of rotatable bonds is 6. The average Bonchev–Trinajstić information content (AvgIpc) is 2.67. The molecule has 1 N–H and O–H groups in total. The fraction of sp³-hybridized carbons (Fsp3) is 0.0909. The van der Waals surface area contributed by atoms with Gasteiger partial charge < -0.3 is 9.84 Å². The number of carboxylic acids is 1. The fourth-order valence-corrected chi connectivity index (χ4v) is 2.74. The van der Waals surface area contributed by atoms with Gasteiger partial charge in [-0.3, -0.25) is 4.79 Å². The van der Waals surface area contributed by atoms with Gasteiger partial charge in [0.25, 0.3) is 0 Å². The van der Waals surface area contributed by atoms with Gasteiger partial charge in [-0.25, -0.2) is 13.6 Å². The molecule has 0 radical (unpaired) electrons. The predicted octanol–water partition coefficient (Wildman–Crippen LogP) is 4.87. The van der Waals surface area contributed by atoms with Crippen LogP contribution in [0.1, 0.15) is 22.3 Å². The van der Waals surface area contributed by atoms with Crippen molar-refractivity contribution in [3.8, 4) is 16.9 Å². The Kier molecular flexibility index (Phi) is 5.79. The van der Waals surface area contributed by atoms with E-state index in [0.29, 0.717) is 12.5 Å². The second-order valence-electron chi connectivity index (χ2n) is 6.10. The molecule has 0 amide bonds. The van der Waals surface area contributed by atoms with Crippen molar-refractivity contribution < 1.29 is 28.2 Å². The van der Waals surface area contributed by atoms with Gasteiger partial charge in [-0.1, -0.05) is 36.4 Å². The van der Waals surface area contributed by atoms with Gasteiger partial charge in [0.1, 0.15) is 22.9 Å². The zero-order valence-electron chi connectivity index (χ0n) is 14.7. The Morgan fingerprint density at radius 1 is 0.929 bits per heavy atom. The monoisotopic (exact) mass is 382 g/mol. The summed E-state index contributed by atoms with van der Waals surface area (Å²) in [5.74, 6) is -3.58. The number of carbonyl (C=O) groups is 2. The summed E-state index contributed by atoms with van der Waals surface area (Å²) in [6, 6.07) is 16.3. The van der Waals surface area contributed by atoms with E-state index < -0.39 is 23.6 Å². The van der Waals surface area contributed by atoms with Crippen molar-refractivity contribution in [2.45, 2.75) is 12.8 Å². The molecule has 3 aromatic carbocycles. The molecule has 0 bridgehead atoms. The maximum Gasteiger partial charge on any atom is 0.339 e. The summed E-state index contributed by atoms with van der Waals surface area (Å²) in [6.07, 6.45) is 0.540. The zero-order chi connectivity index (χ0) is 20.1. The van der Waals surface area contributed by atoms with Gasteiger partial charge in [0.05, 0.1) is 0 Å². The standard InChI is InChI=1S/C22H16F2O4/c23-16-8-9-17(19(24)13-16)15-7-10-20(18(12-15)22(26)27)28-21(25)11-6-14-4-2-1-3-5-14/h1-5,7-10,12-13H,6,11H2,(H,26,27). The molecule has 0 saturated heterocycles. The van der Waals surface area contributed by atoms with Crippen LogP contribution in [-0.2, 0) is 11.2 Å². The molecule has 0 aromatic heterocycles. The Bertz CT molecular complexity index is 1020. The number of esters is 1. The minimum Gasteiger partial charge on any atom is -0.478 e. The number of aryl methyl sites for hydroxylation is 1. The van der Waals surface area contributed by atoms with E-state index in [1.807, 2.05) is 30.3 Å². The van der Waals surface area contributed by atoms with E-state index in [1.165, 1.54) is 24.3 Å². The van der Waals surface area contributed by atoms with Crippen molar-refractivity contribution in [2.75, 3.05) is 0 Å². The molecule has 0 saturated carbocycles. The number of benzene rings is 3. The molecule has 3 rings (SSSR count). The summed E-state index contributed by atoms with van der Waals surface area (Å²) >= 11 is 0. The summed E-state index contributed by atoms with van der Waals surface area (Å²) in [7, 11) is 0. The van der Waals surface area contributed by atoms with Crippen molar-refractivity contribution in [1.29, 1.82) is 0 Å². The van der Waals surface area contributed by atoms with Crippen LogP contribution >= 0.6 is 0 Å². The molecule has 6 heteroatoms. The minimum atomic E-state index is -1.32. The zero-order valence-corrected chi connectivity index (χ0v) is 14.7. The van der Waals surface area contributed by atoms with E-state index in [9.17, 15) is 23.5 Å². The molecule has 0 aliphatic rings. The van der Waals surface area contributed by atoms with Crippen LogP contribution in [0.25, 0.3) is 11.1 Å². The van der Waals surface area contributed by atoms with E-state index in [0.717, 1.165) is 11.6 Å². The Morgan fingerprint density at radius 3 is 2.36 bits per heavy atom. The highest BCUT2D eigenvalue weighted by Crippen LogP contribution is 2.29. The predicted molar refractivity (Wildman–Crippen MR) is 99.2 cm³/mol. The second-order valence-corrected chi connectivity index (χ2v) is 6.10. The molecular weight excluding hydrogens is 366 g/mol. The van der Waals surface area contributed by atoms with Gasteiger partial charge in [-0.15, -0.1) is 0 Å². The van der Waals surface area contributed by atoms with Crippen LogP contribution in [0.5, 0.6) is 5.75 Å². The van der Waals surface area contributed by atoms with Crippen LogP contribution in [0.2, 0.25) is 0 Å².